The summed E-state index contributed by atoms with van der Waals surface area (Å²) >= 11 is 1.22. The minimum absolute atomic E-state index is 0.216. The third-order valence-electron chi connectivity index (χ3n) is 2.41. The van der Waals surface area contributed by atoms with Gasteiger partial charge in [-0.15, -0.1) is 0 Å². The van der Waals surface area contributed by atoms with Gasteiger partial charge in [-0.2, -0.15) is 0 Å². The number of carbonyl (C=O) groups excluding carboxylic acids is 2. The van der Waals surface area contributed by atoms with E-state index in [2.05, 4.69) is 29.5 Å². The van der Waals surface area contributed by atoms with Crippen LogP contribution >= 0.6 is 11.3 Å². The van der Waals surface area contributed by atoms with Crippen LogP contribution in [0.2, 0.25) is 0 Å². The Balaban J connectivity index is 2.49. The lowest BCUT2D eigenvalue weighted by Crippen LogP contribution is -2.25. The number of nitrogens with one attached hydrogen (secondary N) is 2. The van der Waals surface area contributed by atoms with Gasteiger partial charge in [0, 0.05) is 19.5 Å². The zero-order chi connectivity index (χ0) is 15.1. The molecule has 0 fully saturated rings. The van der Waals surface area contributed by atoms with Gasteiger partial charge < -0.3 is 22.1 Å². The van der Waals surface area contributed by atoms with E-state index in [9.17, 15) is 9.59 Å². The summed E-state index contributed by atoms with van der Waals surface area (Å²) in [4.78, 5) is 27.0. The number of anilines is 2. The number of amides is 2. The van der Waals surface area contributed by atoms with Crippen molar-refractivity contribution >= 4 is 34.1 Å². The number of nitrogen functional groups attached to an aromatic ring is 1. The Kier molecular flexibility index (Phi) is 6.23. The van der Waals surface area contributed by atoms with E-state index in [1.807, 2.05) is 0 Å². The second kappa shape index (κ2) is 7.68. The Bertz CT molecular complexity index is 472. The summed E-state index contributed by atoms with van der Waals surface area (Å²) in [6, 6.07) is 0. The second-order valence-corrected chi connectivity index (χ2v) is 5.83. The Morgan fingerprint density at radius 2 is 2.10 bits per heavy atom. The Labute approximate surface area is 122 Å². The lowest BCUT2D eigenvalue weighted by Gasteiger charge is -2.04. The van der Waals surface area contributed by atoms with Gasteiger partial charge in [0.25, 0.3) is 5.91 Å². The summed E-state index contributed by atoms with van der Waals surface area (Å²) in [5.74, 6) is 0.0404. The van der Waals surface area contributed by atoms with E-state index in [0.717, 1.165) is 6.54 Å². The molecule has 2 amide bonds. The monoisotopic (exact) mass is 299 g/mol. The van der Waals surface area contributed by atoms with Gasteiger partial charge in [-0.1, -0.05) is 25.2 Å². The van der Waals surface area contributed by atoms with Crippen molar-refractivity contribution in [3.63, 3.8) is 0 Å². The first-order valence-corrected chi connectivity index (χ1v) is 7.28. The maximum Gasteiger partial charge on any atom is 0.265 e. The molecule has 20 heavy (non-hydrogen) atoms. The fourth-order valence-corrected chi connectivity index (χ4v) is 2.21. The molecule has 0 unspecified atom stereocenters. The van der Waals surface area contributed by atoms with Gasteiger partial charge in [-0.05, 0) is 12.3 Å². The van der Waals surface area contributed by atoms with Gasteiger partial charge >= 0.3 is 0 Å². The van der Waals surface area contributed by atoms with Crippen molar-refractivity contribution in [2.75, 3.05) is 24.1 Å². The first-order chi connectivity index (χ1) is 9.40. The molecule has 1 aromatic heterocycles. The van der Waals surface area contributed by atoms with Crippen LogP contribution in [0, 0.1) is 5.92 Å². The zero-order valence-corrected chi connectivity index (χ0v) is 12.5. The van der Waals surface area contributed by atoms with Crippen molar-refractivity contribution < 1.29 is 9.59 Å². The normalized spacial score (nSPS) is 10.6. The first-order valence-electron chi connectivity index (χ1n) is 6.46. The maximum absolute atomic E-state index is 11.9. The topological polar surface area (TPSA) is 123 Å². The average Bonchev–Trinajstić information content (AvgIpc) is 2.73. The molecule has 6 N–H and O–H groups in total. The largest absolute Gasteiger partial charge is 0.382 e. The number of carbonyl (C=O) groups is 2. The summed E-state index contributed by atoms with van der Waals surface area (Å²) in [5.41, 5.74) is 10.7. The van der Waals surface area contributed by atoms with Crippen LogP contribution in [0.3, 0.4) is 0 Å². The highest BCUT2D eigenvalue weighted by atomic mass is 32.1. The smallest absolute Gasteiger partial charge is 0.265 e. The molecule has 7 nitrogen and oxygen atoms in total. The number of aromatic nitrogens is 1. The van der Waals surface area contributed by atoms with Crippen molar-refractivity contribution in [3.05, 3.63) is 4.88 Å². The standard InChI is InChI=1S/C12H21N5O2S/c1-7(2)6-16-12-17-10(14)9(20-12)11(19)15-5-3-4-8(13)18/h7H,3-6,14H2,1-2H3,(H2,13,18)(H,15,19)(H,16,17). The van der Waals surface area contributed by atoms with Crippen molar-refractivity contribution in [3.8, 4) is 0 Å². The number of nitrogens with two attached hydrogens (primary N) is 2. The SMILES string of the molecule is CC(C)CNc1nc(N)c(C(=O)NCCCC(N)=O)s1. The van der Waals surface area contributed by atoms with Gasteiger partial charge in [0.2, 0.25) is 5.91 Å². The molecular formula is C12H21N5O2S. The fraction of sp³-hybridized carbons (Fsp3) is 0.583. The van der Waals surface area contributed by atoms with Crippen molar-refractivity contribution in [2.24, 2.45) is 11.7 Å². The number of hydrogen-bond acceptors (Lipinski definition) is 6. The Morgan fingerprint density at radius 3 is 2.70 bits per heavy atom. The first kappa shape index (κ1) is 16.2. The van der Waals surface area contributed by atoms with Crippen LogP contribution in [-0.2, 0) is 4.79 Å². The summed E-state index contributed by atoms with van der Waals surface area (Å²) < 4.78 is 0. The molecular weight excluding hydrogens is 278 g/mol. The molecule has 0 spiro atoms. The predicted octanol–water partition coefficient (Wildman–Crippen LogP) is 0.788. The molecule has 1 rings (SSSR count). The fourth-order valence-electron chi connectivity index (χ4n) is 1.41. The van der Waals surface area contributed by atoms with E-state index in [4.69, 9.17) is 11.5 Å². The molecule has 0 aliphatic carbocycles. The number of primary amides is 1. The van der Waals surface area contributed by atoms with E-state index in [1.165, 1.54) is 11.3 Å². The molecule has 0 bridgehead atoms. The van der Waals surface area contributed by atoms with Crippen molar-refractivity contribution in [1.82, 2.24) is 10.3 Å². The van der Waals surface area contributed by atoms with Gasteiger partial charge in [-0.3, -0.25) is 9.59 Å². The summed E-state index contributed by atoms with van der Waals surface area (Å²) in [5, 5.41) is 6.46. The van der Waals surface area contributed by atoms with E-state index in [0.29, 0.717) is 28.9 Å². The number of rotatable bonds is 8. The molecule has 112 valence electrons. The van der Waals surface area contributed by atoms with E-state index >= 15 is 0 Å². The quantitative estimate of drug-likeness (QED) is 0.528. The third kappa shape index (κ3) is 5.43. The van der Waals surface area contributed by atoms with Crippen LogP contribution in [0.1, 0.15) is 36.4 Å². The van der Waals surface area contributed by atoms with E-state index in [-0.39, 0.29) is 24.1 Å². The summed E-state index contributed by atoms with van der Waals surface area (Å²) in [7, 11) is 0. The Hall–Kier alpha value is -1.83. The second-order valence-electron chi connectivity index (χ2n) is 4.83. The highest BCUT2D eigenvalue weighted by molar-refractivity contribution is 7.18. The number of nitrogens with zero attached hydrogens (tertiary/aromatic N) is 1. The number of hydrogen-bond donors (Lipinski definition) is 4. The highest BCUT2D eigenvalue weighted by Crippen LogP contribution is 2.24. The summed E-state index contributed by atoms with van der Waals surface area (Å²) in [6.07, 6.45) is 0.762. The predicted molar refractivity (Wildman–Crippen MR) is 80.6 cm³/mol. The van der Waals surface area contributed by atoms with Gasteiger partial charge in [0.1, 0.15) is 10.7 Å². The minimum Gasteiger partial charge on any atom is -0.382 e. The lowest BCUT2D eigenvalue weighted by molar-refractivity contribution is -0.118. The van der Waals surface area contributed by atoms with Crippen LogP contribution in [0.5, 0.6) is 0 Å². The molecule has 0 atom stereocenters. The van der Waals surface area contributed by atoms with Crippen LogP contribution in [0.15, 0.2) is 0 Å². The molecule has 0 saturated carbocycles. The van der Waals surface area contributed by atoms with Crippen molar-refractivity contribution in [2.45, 2.75) is 26.7 Å². The lowest BCUT2D eigenvalue weighted by atomic mass is 10.2. The third-order valence-corrected chi connectivity index (χ3v) is 3.43. The molecule has 1 aromatic rings. The van der Waals surface area contributed by atoms with Gasteiger partial charge in [-0.25, -0.2) is 4.98 Å². The van der Waals surface area contributed by atoms with Crippen LogP contribution in [0.4, 0.5) is 10.9 Å². The molecule has 0 aliphatic rings. The average molecular weight is 299 g/mol. The van der Waals surface area contributed by atoms with E-state index in [1.54, 1.807) is 0 Å². The molecule has 0 radical (unpaired) electrons. The van der Waals surface area contributed by atoms with Gasteiger partial charge in [0.15, 0.2) is 5.13 Å². The van der Waals surface area contributed by atoms with Crippen LogP contribution in [-0.4, -0.2) is 29.9 Å². The minimum atomic E-state index is -0.378. The Morgan fingerprint density at radius 1 is 1.40 bits per heavy atom. The van der Waals surface area contributed by atoms with Crippen molar-refractivity contribution in [1.29, 1.82) is 0 Å². The van der Waals surface area contributed by atoms with E-state index < -0.39 is 0 Å². The molecule has 0 aliphatic heterocycles. The maximum atomic E-state index is 11.9. The molecule has 1 heterocycles. The molecule has 0 saturated heterocycles. The molecule has 8 heteroatoms. The number of thiazole rings is 1. The van der Waals surface area contributed by atoms with Crippen LogP contribution in [0.25, 0.3) is 0 Å². The zero-order valence-electron chi connectivity index (χ0n) is 11.7. The summed E-state index contributed by atoms with van der Waals surface area (Å²) in [6.45, 7) is 5.31. The van der Waals surface area contributed by atoms with Crippen LogP contribution < -0.4 is 22.1 Å². The van der Waals surface area contributed by atoms with Gasteiger partial charge in [0.05, 0.1) is 0 Å². The molecule has 0 aromatic carbocycles. The highest BCUT2D eigenvalue weighted by Gasteiger charge is 2.15.